The molecule has 1 aliphatic heterocycles. The predicted octanol–water partition coefficient (Wildman–Crippen LogP) is 3.41. The van der Waals surface area contributed by atoms with Crippen molar-refractivity contribution in [2.45, 2.75) is 50.0 Å². The topological polar surface area (TPSA) is 100 Å². The lowest BCUT2D eigenvalue weighted by Gasteiger charge is -2.35. The van der Waals surface area contributed by atoms with E-state index in [1.54, 1.807) is 24.3 Å². The second-order valence-electron chi connectivity index (χ2n) is 8.66. The Bertz CT molecular complexity index is 1130. The monoisotopic (exact) mass is 433 g/mol. The van der Waals surface area contributed by atoms with Gasteiger partial charge in [-0.1, -0.05) is 25.0 Å². The van der Waals surface area contributed by atoms with Crippen LogP contribution in [0.5, 0.6) is 5.75 Å². The first-order valence-corrected chi connectivity index (χ1v) is 11.2. The van der Waals surface area contributed by atoms with Crippen molar-refractivity contribution in [2.75, 3.05) is 19.0 Å². The number of rotatable bonds is 5. The van der Waals surface area contributed by atoms with Crippen molar-refractivity contribution in [1.29, 1.82) is 0 Å². The minimum absolute atomic E-state index is 0.0658. The number of anilines is 1. The Morgan fingerprint density at radius 1 is 1.12 bits per heavy atom. The van der Waals surface area contributed by atoms with Crippen molar-refractivity contribution < 1.29 is 14.3 Å². The molecule has 0 radical (unpaired) electrons. The molecule has 32 heavy (non-hydrogen) atoms. The van der Waals surface area contributed by atoms with E-state index in [4.69, 9.17) is 4.74 Å². The van der Waals surface area contributed by atoms with Crippen LogP contribution in [0.3, 0.4) is 0 Å². The number of ether oxygens (including phenoxy) is 1. The van der Waals surface area contributed by atoms with Gasteiger partial charge in [-0.15, -0.1) is 0 Å². The molecule has 1 aliphatic carbocycles. The van der Waals surface area contributed by atoms with E-state index < -0.39 is 11.5 Å². The third kappa shape index (κ3) is 3.49. The zero-order valence-electron chi connectivity index (χ0n) is 18.1. The maximum Gasteiger partial charge on any atom is 0.248 e. The number of aromatic nitrogens is 3. The molecule has 0 bridgehead atoms. The molecule has 2 N–H and O–H groups in total. The first-order chi connectivity index (χ1) is 15.6. The summed E-state index contributed by atoms with van der Waals surface area (Å²) in [6.45, 7) is 0.600. The maximum atomic E-state index is 13.9. The Balaban J connectivity index is 1.38. The summed E-state index contributed by atoms with van der Waals surface area (Å²) in [5.74, 6) is 1.12. The fourth-order valence-corrected chi connectivity index (χ4v) is 5.18. The minimum atomic E-state index is -0.566. The number of pyridine rings is 1. The van der Waals surface area contributed by atoms with E-state index in [9.17, 15) is 9.59 Å². The van der Waals surface area contributed by atoms with E-state index in [0.717, 1.165) is 48.9 Å². The summed E-state index contributed by atoms with van der Waals surface area (Å²) in [7, 11) is 1.64. The van der Waals surface area contributed by atoms with Crippen molar-refractivity contribution in [2.24, 2.45) is 0 Å². The third-order valence-electron chi connectivity index (χ3n) is 6.87. The molecule has 8 heteroatoms. The number of benzene rings is 1. The van der Waals surface area contributed by atoms with Crippen LogP contribution >= 0.6 is 0 Å². The zero-order valence-corrected chi connectivity index (χ0v) is 18.1. The molecule has 5 rings (SSSR count). The highest BCUT2D eigenvalue weighted by molar-refractivity contribution is 5.99. The van der Waals surface area contributed by atoms with Gasteiger partial charge < -0.3 is 15.0 Å². The van der Waals surface area contributed by atoms with E-state index >= 15 is 0 Å². The largest absolute Gasteiger partial charge is 0.497 e. The summed E-state index contributed by atoms with van der Waals surface area (Å²) in [6, 6.07) is 10.9. The van der Waals surface area contributed by atoms with Gasteiger partial charge in [0.1, 0.15) is 23.1 Å². The van der Waals surface area contributed by atoms with Gasteiger partial charge in [0, 0.05) is 6.54 Å². The van der Waals surface area contributed by atoms with E-state index in [1.807, 2.05) is 30.3 Å². The van der Waals surface area contributed by atoms with Gasteiger partial charge in [0.2, 0.25) is 11.8 Å². The third-order valence-corrected chi connectivity index (χ3v) is 6.87. The first kappa shape index (κ1) is 20.5. The lowest BCUT2D eigenvalue weighted by Crippen LogP contribution is -2.51. The Morgan fingerprint density at radius 3 is 2.66 bits per heavy atom. The van der Waals surface area contributed by atoms with Crippen LogP contribution in [0.2, 0.25) is 0 Å². The minimum Gasteiger partial charge on any atom is -0.497 e. The molecule has 0 unspecified atom stereocenters. The van der Waals surface area contributed by atoms with Crippen LogP contribution in [0.15, 0.2) is 42.6 Å². The number of aromatic amines is 1. The van der Waals surface area contributed by atoms with Crippen molar-refractivity contribution in [3.8, 4) is 5.75 Å². The van der Waals surface area contributed by atoms with Crippen LogP contribution in [0, 0.1) is 0 Å². The SMILES string of the molecule is COc1ccc(C2(C(=O)N3CCC[C@@H]3C(=O)Nc3ccc4[nH]ncc4n3)CCCC2)cc1. The molecule has 2 aromatic heterocycles. The van der Waals surface area contributed by atoms with E-state index in [-0.39, 0.29) is 11.8 Å². The number of methoxy groups -OCH3 is 1. The quantitative estimate of drug-likeness (QED) is 0.642. The molecule has 0 spiro atoms. The van der Waals surface area contributed by atoms with Gasteiger partial charge in [0.15, 0.2) is 0 Å². The van der Waals surface area contributed by atoms with Gasteiger partial charge in [-0.25, -0.2) is 4.98 Å². The Hall–Kier alpha value is -3.42. The predicted molar refractivity (Wildman–Crippen MR) is 120 cm³/mol. The summed E-state index contributed by atoms with van der Waals surface area (Å²) in [5, 5.41) is 9.72. The Morgan fingerprint density at radius 2 is 1.91 bits per heavy atom. The lowest BCUT2D eigenvalue weighted by atomic mass is 9.77. The van der Waals surface area contributed by atoms with Gasteiger partial charge in [-0.05, 0) is 55.5 Å². The van der Waals surface area contributed by atoms with E-state index in [0.29, 0.717) is 24.3 Å². The average molecular weight is 434 g/mol. The summed E-state index contributed by atoms with van der Waals surface area (Å²) < 4.78 is 5.29. The molecule has 8 nitrogen and oxygen atoms in total. The van der Waals surface area contributed by atoms with Gasteiger partial charge in [0.25, 0.3) is 0 Å². The van der Waals surface area contributed by atoms with Gasteiger partial charge in [0.05, 0.1) is 24.2 Å². The van der Waals surface area contributed by atoms with Crippen LogP contribution in [-0.2, 0) is 15.0 Å². The van der Waals surface area contributed by atoms with Gasteiger partial charge in [-0.3, -0.25) is 14.7 Å². The number of nitrogens with one attached hydrogen (secondary N) is 2. The van der Waals surface area contributed by atoms with Gasteiger partial charge in [-0.2, -0.15) is 5.10 Å². The molecule has 2 amide bonds. The molecule has 1 saturated carbocycles. The smallest absolute Gasteiger partial charge is 0.248 e. The highest BCUT2D eigenvalue weighted by Crippen LogP contribution is 2.44. The second-order valence-corrected chi connectivity index (χ2v) is 8.66. The van der Waals surface area contributed by atoms with Gasteiger partial charge >= 0.3 is 0 Å². The molecule has 3 heterocycles. The highest BCUT2D eigenvalue weighted by atomic mass is 16.5. The maximum absolute atomic E-state index is 13.9. The number of nitrogens with zero attached hydrogens (tertiary/aromatic N) is 3. The Labute approximate surface area is 186 Å². The molecule has 2 aliphatic rings. The normalized spacial score (nSPS) is 19.9. The fraction of sp³-hybridized carbons (Fsp3) is 0.417. The van der Waals surface area contributed by atoms with Crippen LogP contribution in [-0.4, -0.2) is 51.6 Å². The summed E-state index contributed by atoms with van der Waals surface area (Å²) >= 11 is 0. The summed E-state index contributed by atoms with van der Waals surface area (Å²) in [6.07, 6.45) is 6.73. The zero-order chi connectivity index (χ0) is 22.1. The van der Waals surface area contributed by atoms with Crippen molar-refractivity contribution in [3.63, 3.8) is 0 Å². The number of H-pyrrole nitrogens is 1. The van der Waals surface area contributed by atoms with E-state index in [2.05, 4.69) is 20.5 Å². The number of fused-ring (bicyclic) bond motifs is 1. The molecule has 3 aromatic rings. The molecule has 2 fully saturated rings. The fourth-order valence-electron chi connectivity index (χ4n) is 5.18. The molecule has 1 aromatic carbocycles. The molecular formula is C24H27N5O3. The standard InChI is InChI=1S/C24H27N5O3/c1-32-17-8-6-16(7-9-17)24(12-2-3-13-24)23(31)29-14-4-5-20(29)22(30)27-21-11-10-18-19(26-21)15-25-28-18/h6-11,15,20H,2-5,12-14H2,1H3,(H,25,28)(H,26,27,30)/t20-/m1/s1. The van der Waals surface area contributed by atoms with Crippen LogP contribution in [0.4, 0.5) is 5.82 Å². The second kappa shape index (κ2) is 8.26. The summed E-state index contributed by atoms with van der Waals surface area (Å²) in [4.78, 5) is 33.3. The molecule has 1 saturated heterocycles. The Kier molecular flexibility index (Phi) is 5.28. The number of carbonyl (C=O) groups is 2. The van der Waals surface area contributed by atoms with E-state index in [1.165, 1.54) is 0 Å². The number of hydrogen-bond donors (Lipinski definition) is 2. The number of carbonyl (C=O) groups excluding carboxylic acids is 2. The van der Waals surface area contributed by atoms with Crippen LogP contribution in [0.1, 0.15) is 44.1 Å². The van der Waals surface area contributed by atoms with Crippen molar-refractivity contribution in [1.82, 2.24) is 20.1 Å². The number of likely N-dealkylation sites (tertiary alicyclic amines) is 1. The molecule has 166 valence electrons. The van der Waals surface area contributed by atoms with Crippen LogP contribution in [0.25, 0.3) is 11.0 Å². The molecular weight excluding hydrogens is 406 g/mol. The van der Waals surface area contributed by atoms with Crippen molar-refractivity contribution in [3.05, 3.63) is 48.2 Å². The summed E-state index contributed by atoms with van der Waals surface area (Å²) in [5.41, 5.74) is 1.94. The highest BCUT2D eigenvalue weighted by Gasteiger charge is 2.48. The average Bonchev–Trinajstić information content (AvgIpc) is 3.59. The lowest BCUT2D eigenvalue weighted by molar-refractivity contribution is -0.141. The van der Waals surface area contributed by atoms with Crippen molar-refractivity contribution >= 4 is 28.7 Å². The van der Waals surface area contributed by atoms with Crippen LogP contribution < -0.4 is 10.1 Å². The number of amides is 2. The number of hydrogen-bond acceptors (Lipinski definition) is 5. The first-order valence-electron chi connectivity index (χ1n) is 11.2. The molecule has 1 atom stereocenters.